The van der Waals surface area contributed by atoms with E-state index in [9.17, 15) is 14.9 Å². The van der Waals surface area contributed by atoms with Gasteiger partial charge in [-0.05, 0) is 54.3 Å². The third-order valence-electron chi connectivity index (χ3n) is 5.61. The Morgan fingerprint density at radius 2 is 1.84 bits per heavy atom. The maximum Gasteiger partial charge on any atom is 0.269 e. The van der Waals surface area contributed by atoms with Gasteiger partial charge in [0.15, 0.2) is 0 Å². The summed E-state index contributed by atoms with van der Waals surface area (Å²) in [4.78, 5) is 27.4. The molecule has 0 aliphatic carbocycles. The predicted octanol–water partition coefficient (Wildman–Crippen LogP) is 3.32. The van der Waals surface area contributed by atoms with E-state index in [1.165, 1.54) is 12.1 Å². The quantitative estimate of drug-likeness (QED) is 0.700. The highest BCUT2D eigenvalue weighted by Crippen LogP contribution is 2.38. The van der Waals surface area contributed by atoms with Crippen molar-refractivity contribution in [3.05, 3.63) is 63.7 Å². The molecule has 2 unspecified atom stereocenters. The van der Waals surface area contributed by atoms with Gasteiger partial charge in [-0.2, -0.15) is 10.5 Å². The summed E-state index contributed by atoms with van der Waals surface area (Å²) in [6, 6.07) is 13.2. The Hall–Kier alpha value is -3.55. The van der Waals surface area contributed by atoms with E-state index < -0.39 is 11.9 Å². The third kappa shape index (κ3) is 4.47. The van der Waals surface area contributed by atoms with E-state index in [4.69, 9.17) is 16.9 Å². The van der Waals surface area contributed by atoms with E-state index >= 15 is 0 Å². The second kappa shape index (κ2) is 9.51. The summed E-state index contributed by atoms with van der Waals surface area (Å²) in [6.45, 7) is 4.58. The van der Waals surface area contributed by atoms with Gasteiger partial charge in [0.05, 0.1) is 22.2 Å². The van der Waals surface area contributed by atoms with Crippen molar-refractivity contribution in [2.45, 2.75) is 32.7 Å². The van der Waals surface area contributed by atoms with Crippen molar-refractivity contribution in [2.75, 3.05) is 11.4 Å². The van der Waals surface area contributed by atoms with Crippen LogP contribution in [0.3, 0.4) is 0 Å². The van der Waals surface area contributed by atoms with Gasteiger partial charge < -0.3 is 4.90 Å². The molecule has 2 aromatic carbocycles. The van der Waals surface area contributed by atoms with E-state index in [1.54, 1.807) is 18.2 Å². The SMILES string of the molecule is CCC(C)C(C(=O)NNC(=O)c1ccc(C#N)cc1)N1CCc2c1ccc(C#N)c2Cl. The summed E-state index contributed by atoms with van der Waals surface area (Å²) in [5.41, 5.74) is 7.90. The normalized spacial score (nSPS) is 14.0. The molecule has 1 aliphatic rings. The zero-order chi connectivity index (χ0) is 22.5. The molecule has 1 heterocycles. The van der Waals surface area contributed by atoms with Crippen molar-refractivity contribution >= 4 is 29.1 Å². The lowest BCUT2D eigenvalue weighted by Gasteiger charge is -2.33. The highest BCUT2D eigenvalue weighted by atomic mass is 35.5. The average Bonchev–Trinajstić information content (AvgIpc) is 3.22. The molecular weight excluding hydrogens is 414 g/mol. The van der Waals surface area contributed by atoms with Crippen LogP contribution in [0, 0.1) is 28.6 Å². The molecule has 0 radical (unpaired) electrons. The van der Waals surface area contributed by atoms with Gasteiger partial charge in [0, 0.05) is 17.8 Å². The Balaban J connectivity index is 1.77. The number of carbonyl (C=O) groups excluding carboxylic acids is 2. The number of nitriles is 2. The maximum absolute atomic E-state index is 13.1. The van der Waals surface area contributed by atoms with E-state index in [1.807, 2.05) is 30.9 Å². The number of hydrogen-bond donors (Lipinski definition) is 2. The average molecular weight is 436 g/mol. The first-order valence-electron chi connectivity index (χ1n) is 9.99. The number of halogens is 1. The molecule has 0 bridgehead atoms. The first kappa shape index (κ1) is 22.1. The van der Waals surface area contributed by atoms with Gasteiger partial charge in [-0.25, -0.2) is 0 Å². The van der Waals surface area contributed by atoms with Crippen molar-refractivity contribution in [3.8, 4) is 12.1 Å². The summed E-state index contributed by atoms with van der Waals surface area (Å²) in [5.74, 6) is -0.791. The molecule has 3 rings (SSSR count). The second-order valence-electron chi connectivity index (χ2n) is 7.44. The molecule has 0 spiro atoms. The van der Waals surface area contributed by atoms with Gasteiger partial charge >= 0.3 is 0 Å². The number of nitrogens with zero attached hydrogens (tertiary/aromatic N) is 3. The molecule has 158 valence electrons. The number of nitrogens with one attached hydrogen (secondary N) is 2. The zero-order valence-electron chi connectivity index (χ0n) is 17.3. The predicted molar refractivity (Wildman–Crippen MR) is 117 cm³/mol. The topological polar surface area (TPSA) is 109 Å². The molecule has 2 aromatic rings. The summed E-state index contributed by atoms with van der Waals surface area (Å²) >= 11 is 6.38. The van der Waals surface area contributed by atoms with Crippen LogP contribution in [0.15, 0.2) is 36.4 Å². The standard InChI is InChI=1S/C23H22ClN5O2/c1-3-14(2)21(29-11-10-18-19(29)9-8-17(13-26)20(18)24)23(31)28-27-22(30)16-6-4-15(12-25)5-7-16/h4-9,14,21H,3,10-11H2,1-2H3,(H,27,30)(H,28,31). The van der Waals surface area contributed by atoms with Crippen molar-refractivity contribution in [1.29, 1.82) is 10.5 Å². The van der Waals surface area contributed by atoms with Crippen LogP contribution in [0.2, 0.25) is 5.02 Å². The number of hydrogen-bond acceptors (Lipinski definition) is 5. The Bertz CT molecular complexity index is 1080. The molecule has 2 atom stereocenters. The van der Waals surface area contributed by atoms with Crippen molar-refractivity contribution in [2.24, 2.45) is 5.92 Å². The van der Waals surface area contributed by atoms with E-state index in [0.717, 1.165) is 17.7 Å². The van der Waals surface area contributed by atoms with Crippen LogP contribution in [0.1, 0.15) is 47.3 Å². The van der Waals surface area contributed by atoms with Gasteiger partial charge in [-0.1, -0.05) is 31.9 Å². The minimum atomic E-state index is -0.517. The Morgan fingerprint density at radius 3 is 2.45 bits per heavy atom. The second-order valence-corrected chi connectivity index (χ2v) is 7.82. The van der Waals surface area contributed by atoms with E-state index in [0.29, 0.717) is 34.7 Å². The zero-order valence-corrected chi connectivity index (χ0v) is 18.0. The summed E-state index contributed by atoms with van der Waals surface area (Å²) in [6.07, 6.45) is 1.40. The Morgan fingerprint density at radius 1 is 1.13 bits per heavy atom. The number of hydrazine groups is 1. The minimum absolute atomic E-state index is 0.00665. The molecule has 0 saturated heterocycles. The van der Waals surface area contributed by atoms with E-state index in [2.05, 4.69) is 16.9 Å². The number of rotatable bonds is 5. The van der Waals surface area contributed by atoms with Crippen molar-refractivity contribution in [1.82, 2.24) is 10.9 Å². The van der Waals surface area contributed by atoms with E-state index in [-0.39, 0.29) is 11.8 Å². The number of carbonyl (C=O) groups is 2. The molecular formula is C23H22ClN5O2. The van der Waals surface area contributed by atoms with Crippen LogP contribution >= 0.6 is 11.6 Å². The minimum Gasteiger partial charge on any atom is -0.359 e. The monoisotopic (exact) mass is 435 g/mol. The fraction of sp³-hybridized carbons (Fsp3) is 0.304. The Kier molecular flexibility index (Phi) is 6.79. The summed E-state index contributed by atoms with van der Waals surface area (Å²) in [5, 5.41) is 18.5. The summed E-state index contributed by atoms with van der Waals surface area (Å²) in [7, 11) is 0. The van der Waals surface area contributed by atoms with Crippen LogP contribution in [0.4, 0.5) is 5.69 Å². The van der Waals surface area contributed by atoms with Crippen LogP contribution in [-0.2, 0) is 11.2 Å². The van der Waals surface area contributed by atoms with Crippen molar-refractivity contribution < 1.29 is 9.59 Å². The lowest BCUT2D eigenvalue weighted by Crippen LogP contribution is -2.54. The van der Waals surface area contributed by atoms with Gasteiger partial charge in [-0.15, -0.1) is 0 Å². The number of fused-ring (bicyclic) bond motifs is 1. The number of anilines is 1. The van der Waals surface area contributed by atoms with Crippen LogP contribution in [0.25, 0.3) is 0 Å². The van der Waals surface area contributed by atoms with Crippen LogP contribution in [-0.4, -0.2) is 24.4 Å². The molecule has 8 heteroatoms. The summed E-state index contributed by atoms with van der Waals surface area (Å²) < 4.78 is 0. The first-order chi connectivity index (χ1) is 14.9. The van der Waals surface area contributed by atoms with Gasteiger partial charge in [0.1, 0.15) is 12.1 Å². The number of benzene rings is 2. The fourth-order valence-corrected chi connectivity index (χ4v) is 4.03. The molecule has 2 N–H and O–H groups in total. The molecule has 7 nitrogen and oxygen atoms in total. The fourth-order valence-electron chi connectivity index (χ4n) is 3.74. The smallest absolute Gasteiger partial charge is 0.269 e. The van der Waals surface area contributed by atoms with Crippen LogP contribution in [0.5, 0.6) is 0 Å². The Labute approximate surface area is 186 Å². The molecule has 0 aromatic heterocycles. The molecule has 2 amide bonds. The van der Waals surface area contributed by atoms with Crippen LogP contribution < -0.4 is 15.8 Å². The molecule has 1 aliphatic heterocycles. The van der Waals surface area contributed by atoms with Crippen molar-refractivity contribution in [3.63, 3.8) is 0 Å². The largest absolute Gasteiger partial charge is 0.359 e. The highest BCUT2D eigenvalue weighted by Gasteiger charge is 2.35. The lowest BCUT2D eigenvalue weighted by molar-refractivity contribution is -0.124. The molecule has 0 fully saturated rings. The van der Waals surface area contributed by atoms with Gasteiger partial charge in [0.25, 0.3) is 11.8 Å². The van der Waals surface area contributed by atoms with Gasteiger partial charge in [-0.3, -0.25) is 20.4 Å². The molecule has 0 saturated carbocycles. The number of amides is 2. The highest BCUT2D eigenvalue weighted by molar-refractivity contribution is 6.33. The first-order valence-corrected chi connectivity index (χ1v) is 10.4. The molecule has 31 heavy (non-hydrogen) atoms. The van der Waals surface area contributed by atoms with Gasteiger partial charge in [0.2, 0.25) is 0 Å². The third-order valence-corrected chi connectivity index (χ3v) is 6.05. The lowest BCUT2D eigenvalue weighted by atomic mass is 9.96. The maximum atomic E-state index is 13.1.